The van der Waals surface area contributed by atoms with Crippen LogP contribution in [-0.2, 0) is 0 Å². The van der Waals surface area contributed by atoms with Crippen molar-refractivity contribution in [3.05, 3.63) is 71.4 Å². The van der Waals surface area contributed by atoms with Crippen molar-refractivity contribution in [2.75, 3.05) is 12.0 Å². The number of aromatic nitrogens is 2. The molecule has 2 amide bonds. The van der Waals surface area contributed by atoms with Crippen LogP contribution in [-0.4, -0.2) is 38.9 Å². The maximum Gasteiger partial charge on any atom is 0.262 e. The first-order valence-electron chi connectivity index (χ1n) is 8.66. The molecule has 0 unspecified atom stereocenters. The van der Waals surface area contributed by atoms with Crippen LogP contribution in [0.4, 0.5) is 4.39 Å². The second kappa shape index (κ2) is 7.55. The molecule has 3 aromatic rings. The lowest BCUT2D eigenvalue weighted by molar-refractivity contribution is 0.0548. The third-order valence-corrected chi connectivity index (χ3v) is 5.22. The first-order valence-corrected chi connectivity index (χ1v) is 10.1. The van der Waals surface area contributed by atoms with Gasteiger partial charge in [-0.05, 0) is 42.7 Å². The molecule has 1 aromatic heterocycles. The first kappa shape index (κ1) is 18.4. The van der Waals surface area contributed by atoms with Gasteiger partial charge in [0.25, 0.3) is 11.8 Å². The van der Waals surface area contributed by atoms with Crippen molar-refractivity contribution in [2.24, 2.45) is 0 Å². The van der Waals surface area contributed by atoms with Crippen LogP contribution in [0.1, 0.15) is 39.1 Å². The summed E-state index contributed by atoms with van der Waals surface area (Å²) in [5.74, 6) is -0.387. The number of thioether (sulfide) groups is 1. The predicted molar refractivity (Wildman–Crippen MR) is 102 cm³/mol. The fraction of sp³-hybridized carbons (Fsp3) is 0.200. The molecule has 0 N–H and O–H groups in total. The number of rotatable bonds is 6. The molecule has 1 aliphatic heterocycles. The van der Waals surface area contributed by atoms with Gasteiger partial charge in [-0.2, -0.15) is 16.7 Å². The maximum absolute atomic E-state index is 14.0. The summed E-state index contributed by atoms with van der Waals surface area (Å²) in [5, 5.41) is 3.86. The molecule has 2 aromatic carbocycles. The lowest BCUT2D eigenvalue weighted by Crippen LogP contribution is -2.34. The zero-order chi connectivity index (χ0) is 19.7. The highest BCUT2D eigenvalue weighted by Crippen LogP contribution is 2.34. The van der Waals surface area contributed by atoms with Crippen molar-refractivity contribution in [1.82, 2.24) is 15.0 Å². The number of carbonyl (C=O) groups is 2. The van der Waals surface area contributed by atoms with Crippen molar-refractivity contribution in [3.63, 3.8) is 0 Å². The van der Waals surface area contributed by atoms with E-state index in [4.69, 9.17) is 4.52 Å². The van der Waals surface area contributed by atoms with E-state index in [1.165, 1.54) is 11.0 Å². The van der Waals surface area contributed by atoms with Gasteiger partial charge in [0.2, 0.25) is 11.7 Å². The number of amides is 2. The molecule has 8 heteroatoms. The molecule has 28 heavy (non-hydrogen) atoms. The number of benzene rings is 2. The van der Waals surface area contributed by atoms with Gasteiger partial charge in [0.15, 0.2) is 0 Å². The number of hydrogen-bond donors (Lipinski definition) is 0. The number of imide groups is 1. The molecule has 1 atom stereocenters. The average Bonchev–Trinajstić information content (AvgIpc) is 3.28. The van der Waals surface area contributed by atoms with E-state index in [1.807, 2.05) is 6.26 Å². The topological polar surface area (TPSA) is 76.3 Å². The minimum atomic E-state index is -0.715. The van der Waals surface area contributed by atoms with Crippen molar-refractivity contribution in [3.8, 4) is 11.4 Å². The molecular weight excluding hydrogens is 381 g/mol. The highest BCUT2D eigenvalue weighted by atomic mass is 32.2. The standard InChI is InChI=1S/C20H16FN3O3S/c1-28-11-10-16(24-19(25)12-6-2-3-7-13(12)20(24)26)18-22-17(23-27-18)14-8-4-5-9-15(14)21/h2-9,16H,10-11H2,1H3/t16-/m1/s1. The highest BCUT2D eigenvalue weighted by Gasteiger charge is 2.42. The summed E-state index contributed by atoms with van der Waals surface area (Å²) in [6, 6.07) is 12.1. The normalized spacial score (nSPS) is 14.4. The van der Waals surface area contributed by atoms with Gasteiger partial charge in [0.05, 0.1) is 16.7 Å². The maximum atomic E-state index is 14.0. The molecule has 1 aliphatic rings. The summed E-state index contributed by atoms with van der Waals surface area (Å²) in [6.07, 6.45) is 2.38. The van der Waals surface area contributed by atoms with E-state index >= 15 is 0 Å². The van der Waals surface area contributed by atoms with E-state index in [9.17, 15) is 14.0 Å². The minimum Gasteiger partial charge on any atom is -0.337 e. The van der Waals surface area contributed by atoms with Crippen LogP contribution >= 0.6 is 11.8 Å². The Morgan fingerprint density at radius 2 is 1.64 bits per heavy atom. The zero-order valence-electron chi connectivity index (χ0n) is 15.0. The molecule has 142 valence electrons. The predicted octanol–water partition coefficient (Wildman–Crippen LogP) is 3.97. The summed E-state index contributed by atoms with van der Waals surface area (Å²) >= 11 is 1.58. The van der Waals surface area contributed by atoms with Crippen LogP contribution in [0, 0.1) is 5.82 Å². The van der Waals surface area contributed by atoms with Crippen molar-refractivity contribution in [1.29, 1.82) is 0 Å². The van der Waals surface area contributed by atoms with Crippen LogP contribution < -0.4 is 0 Å². The Balaban J connectivity index is 1.71. The molecule has 6 nitrogen and oxygen atoms in total. The number of hydrogen-bond acceptors (Lipinski definition) is 6. The molecule has 2 heterocycles. The fourth-order valence-electron chi connectivity index (χ4n) is 3.21. The lowest BCUT2D eigenvalue weighted by atomic mass is 10.1. The summed E-state index contributed by atoms with van der Waals surface area (Å²) in [4.78, 5) is 31.2. The molecule has 0 fully saturated rings. The minimum absolute atomic E-state index is 0.0823. The molecule has 0 saturated carbocycles. The third kappa shape index (κ3) is 3.09. The Labute approximate surface area is 164 Å². The van der Waals surface area contributed by atoms with E-state index < -0.39 is 23.7 Å². The van der Waals surface area contributed by atoms with Crippen LogP contribution in [0.5, 0.6) is 0 Å². The number of nitrogens with zero attached hydrogens (tertiary/aromatic N) is 3. The fourth-order valence-corrected chi connectivity index (χ4v) is 3.66. The molecule has 0 aliphatic carbocycles. The number of fused-ring (bicyclic) bond motifs is 1. The number of carbonyl (C=O) groups excluding carboxylic acids is 2. The Morgan fingerprint density at radius 3 is 2.25 bits per heavy atom. The van der Waals surface area contributed by atoms with Gasteiger partial charge in [-0.3, -0.25) is 14.5 Å². The van der Waals surface area contributed by atoms with Gasteiger partial charge < -0.3 is 4.52 Å². The molecule has 0 saturated heterocycles. The van der Waals surface area contributed by atoms with Gasteiger partial charge in [-0.15, -0.1) is 0 Å². The third-order valence-electron chi connectivity index (χ3n) is 4.57. The van der Waals surface area contributed by atoms with E-state index in [0.29, 0.717) is 23.3 Å². The van der Waals surface area contributed by atoms with Gasteiger partial charge in [-0.25, -0.2) is 4.39 Å². The largest absolute Gasteiger partial charge is 0.337 e. The monoisotopic (exact) mass is 397 g/mol. The summed E-state index contributed by atoms with van der Waals surface area (Å²) in [5.41, 5.74) is 0.912. The number of halogens is 1. The SMILES string of the molecule is CSCC[C@H](c1nc(-c2ccccc2F)no1)N1C(=O)c2ccccc2C1=O. The average molecular weight is 397 g/mol. The second-order valence-corrected chi connectivity index (χ2v) is 7.24. The van der Waals surface area contributed by atoms with E-state index in [1.54, 1.807) is 54.2 Å². The van der Waals surface area contributed by atoms with Crippen LogP contribution in [0.3, 0.4) is 0 Å². The van der Waals surface area contributed by atoms with Crippen molar-refractivity contribution >= 4 is 23.6 Å². The highest BCUT2D eigenvalue weighted by molar-refractivity contribution is 7.98. The summed E-state index contributed by atoms with van der Waals surface area (Å²) < 4.78 is 19.4. The summed E-state index contributed by atoms with van der Waals surface area (Å²) in [7, 11) is 0. The van der Waals surface area contributed by atoms with Gasteiger partial charge >= 0.3 is 0 Å². The Morgan fingerprint density at radius 1 is 1.04 bits per heavy atom. The first-order chi connectivity index (χ1) is 13.6. The van der Waals surface area contributed by atoms with Crippen LogP contribution in [0.2, 0.25) is 0 Å². The van der Waals surface area contributed by atoms with E-state index in [-0.39, 0.29) is 17.3 Å². The molecule has 4 rings (SSSR count). The van der Waals surface area contributed by atoms with Crippen LogP contribution in [0.15, 0.2) is 53.1 Å². The summed E-state index contributed by atoms with van der Waals surface area (Å²) in [6.45, 7) is 0. The Bertz CT molecular complexity index is 1020. The van der Waals surface area contributed by atoms with Gasteiger partial charge in [0, 0.05) is 0 Å². The quantitative estimate of drug-likeness (QED) is 0.586. The smallest absolute Gasteiger partial charge is 0.262 e. The molecule has 0 bridgehead atoms. The zero-order valence-corrected chi connectivity index (χ0v) is 15.8. The van der Waals surface area contributed by atoms with E-state index in [0.717, 1.165) is 0 Å². The van der Waals surface area contributed by atoms with E-state index in [2.05, 4.69) is 10.1 Å². The molecule has 0 radical (unpaired) electrons. The van der Waals surface area contributed by atoms with Gasteiger partial charge in [-0.1, -0.05) is 29.4 Å². The Kier molecular flexibility index (Phi) is 4.95. The molecule has 0 spiro atoms. The van der Waals surface area contributed by atoms with Crippen molar-refractivity contribution in [2.45, 2.75) is 12.5 Å². The van der Waals surface area contributed by atoms with Crippen molar-refractivity contribution < 1.29 is 18.5 Å². The molecular formula is C20H16FN3O3S. The Hall–Kier alpha value is -3.00. The second-order valence-electron chi connectivity index (χ2n) is 6.26. The lowest BCUT2D eigenvalue weighted by Gasteiger charge is -2.22. The van der Waals surface area contributed by atoms with Gasteiger partial charge in [0.1, 0.15) is 11.9 Å². The van der Waals surface area contributed by atoms with Crippen LogP contribution in [0.25, 0.3) is 11.4 Å².